The fraction of sp³-hybridized carbons (Fsp3) is 0.900. The van der Waals surface area contributed by atoms with E-state index >= 15 is 0 Å². The van der Waals surface area contributed by atoms with Crippen molar-refractivity contribution in [3.05, 3.63) is 0 Å². The normalized spacial score (nSPS) is 16.3. The second kappa shape index (κ2) is 4.88. The quantitative estimate of drug-likeness (QED) is 0.723. The minimum Gasteiger partial charge on any atom is -0.468 e. The van der Waals surface area contributed by atoms with Crippen molar-refractivity contribution >= 4 is 5.97 Å². The number of esters is 1. The van der Waals surface area contributed by atoms with Crippen LogP contribution in [0.3, 0.4) is 0 Å². The second-order valence-electron chi connectivity index (χ2n) is 4.26. The monoisotopic (exact) mass is 223 g/mol. The van der Waals surface area contributed by atoms with Crippen LogP contribution in [0.2, 0.25) is 0 Å². The zero-order valence-corrected chi connectivity index (χ0v) is 9.64. The van der Waals surface area contributed by atoms with Crippen molar-refractivity contribution in [2.45, 2.75) is 33.1 Å². The van der Waals surface area contributed by atoms with Gasteiger partial charge < -0.3 is 10.5 Å². The third-order valence-corrected chi connectivity index (χ3v) is 2.52. The predicted octanol–water partition coefficient (Wildman–Crippen LogP) is 1.81. The molecular weight excluding hydrogens is 204 g/mol. The maximum absolute atomic E-state index is 13.5. The van der Waals surface area contributed by atoms with Crippen LogP contribution in [-0.2, 0) is 9.53 Å². The Morgan fingerprint density at radius 2 is 1.93 bits per heavy atom. The highest BCUT2D eigenvalue weighted by molar-refractivity contribution is 5.78. The highest BCUT2D eigenvalue weighted by Crippen LogP contribution is 2.42. The number of hydrogen-bond acceptors (Lipinski definition) is 3. The number of ether oxygens (including phenoxy) is 1. The molecule has 0 aliphatic heterocycles. The van der Waals surface area contributed by atoms with E-state index in [1.165, 1.54) is 0 Å². The van der Waals surface area contributed by atoms with Gasteiger partial charge in [-0.05, 0) is 12.3 Å². The maximum Gasteiger partial charge on any atom is 0.319 e. The summed E-state index contributed by atoms with van der Waals surface area (Å²) in [4.78, 5) is 11.5. The molecule has 0 aliphatic rings. The SMILES string of the molecule is COC(=O)C(CN)(CC(C)C)C(C)(F)F. The minimum absolute atomic E-state index is 0.0136. The van der Waals surface area contributed by atoms with Gasteiger partial charge in [-0.2, -0.15) is 0 Å². The van der Waals surface area contributed by atoms with Crippen LogP contribution in [0.25, 0.3) is 0 Å². The summed E-state index contributed by atoms with van der Waals surface area (Å²) in [6, 6.07) is 0. The molecule has 0 heterocycles. The lowest BCUT2D eigenvalue weighted by Crippen LogP contribution is -2.52. The Labute approximate surface area is 89.0 Å². The van der Waals surface area contributed by atoms with Crippen LogP contribution in [0.5, 0.6) is 0 Å². The molecule has 0 saturated carbocycles. The summed E-state index contributed by atoms with van der Waals surface area (Å²) in [6.45, 7) is 3.82. The average Bonchev–Trinajstić information content (AvgIpc) is 2.10. The fourth-order valence-electron chi connectivity index (χ4n) is 1.68. The van der Waals surface area contributed by atoms with Crippen molar-refractivity contribution in [1.29, 1.82) is 0 Å². The number of carbonyl (C=O) groups excluding carboxylic acids is 1. The molecule has 0 aromatic rings. The number of rotatable bonds is 5. The van der Waals surface area contributed by atoms with Gasteiger partial charge in [-0.1, -0.05) is 13.8 Å². The van der Waals surface area contributed by atoms with E-state index in [1.807, 2.05) is 0 Å². The minimum atomic E-state index is -3.18. The Balaban J connectivity index is 5.21. The molecular formula is C10H19F2NO2. The standard InChI is InChI=1S/C10H19F2NO2/c1-7(2)5-10(6-13,8(14)15-4)9(3,11)12/h7H,5-6,13H2,1-4H3. The highest BCUT2D eigenvalue weighted by atomic mass is 19.3. The summed E-state index contributed by atoms with van der Waals surface area (Å²) in [5.74, 6) is -4.18. The summed E-state index contributed by atoms with van der Waals surface area (Å²) in [6.07, 6.45) is 0.0136. The molecule has 0 aliphatic carbocycles. The Kier molecular flexibility index (Phi) is 4.65. The van der Waals surface area contributed by atoms with E-state index in [9.17, 15) is 13.6 Å². The average molecular weight is 223 g/mol. The van der Waals surface area contributed by atoms with Gasteiger partial charge in [-0.15, -0.1) is 0 Å². The first kappa shape index (κ1) is 14.3. The van der Waals surface area contributed by atoms with E-state index in [-0.39, 0.29) is 12.3 Å². The Bertz CT molecular complexity index is 226. The van der Waals surface area contributed by atoms with Crippen LogP contribution in [0.15, 0.2) is 0 Å². The Morgan fingerprint density at radius 3 is 2.13 bits per heavy atom. The van der Waals surface area contributed by atoms with Gasteiger partial charge >= 0.3 is 5.97 Å². The molecule has 0 saturated heterocycles. The summed E-state index contributed by atoms with van der Waals surface area (Å²) in [7, 11) is 1.10. The van der Waals surface area contributed by atoms with Gasteiger partial charge in [0.2, 0.25) is 0 Å². The molecule has 0 spiro atoms. The lowest BCUT2D eigenvalue weighted by Gasteiger charge is -2.36. The maximum atomic E-state index is 13.5. The lowest BCUT2D eigenvalue weighted by atomic mass is 9.75. The van der Waals surface area contributed by atoms with E-state index in [1.54, 1.807) is 13.8 Å². The zero-order valence-electron chi connectivity index (χ0n) is 9.64. The Hall–Kier alpha value is -0.710. The summed E-state index contributed by atoms with van der Waals surface area (Å²) < 4.78 is 31.4. The molecule has 0 amide bonds. The number of nitrogens with two attached hydrogens (primary N) is 1. The molecule has 15 heavy (non-hydrogen) atoms. The van der Waals surface area contributed by atoms with Gasteiger partial charge in [0, 0.05) is 13.5 Å². The van der Waals surface area contributed by atoms with Crippen molar-refractivity contribution in [2.24, 2.45) is 17.1 Å². The van der Waals surface area contributed by atoms with E-state index in [0.29, 0.717) is 6.92 Å². The van der Waals surface area contributed by atoms with Gasteiger partial charge in [-0.25, -0.2) is 8.78 Å². The first-order valence-electron chi connectivity index (χ1n) is 4.87. The molecule has 1 unspecified atom stereocenters. The molecule has 90 valence electrons. The lowest BCUT2D eigenvalue weighted by molar-refractivity contribution is -0.180. The molecule has 0 fully saturated rings. The summed E-state index contributed by atoms with van der Waals surface area (Å²) in [5, 5.41) is 0. The number of alkyl halides is 2. The van der Waals surface area contributed by atoms with Crippen molar-refractivity contribution in [3.8, 4) is 0 Å². The number of carbonyl (C=O) groups is 1. The van der Waals surface area contributed by atoms with Gasteiger partial charge in [0.15, 0.2) is 0 Å². The van der Waals surface area contributed by atoms with Gasteiger partial charge in [0.1, 0.15) is 5.41 Å². The molecule has 0 bridgehead atoms. The van der Waals surface area contributed by atoms with Crippen LogP contribution in [-0.4, -0.2) is 25.5 Å². The van der Waals surface area contributed by atoms with Crippen molar-refractivity contribution in [1.82, 2.24) is 0 Å². The van der Waals surface area contributed by atoms with Crippen molar-refractivity contribution < 1.29 is 18.3 Å². The molecule has 0 aromatic carbocycles. The highest BCUT2D eigenvalue weighted by Gasteiger charge is 2.56. The van der Waals surface area contributed by atoms with E-state index in [0.717, 1.165) is 7.11 Å². The predicted molar refractivity (Wildman–Crippen MR) is 53.6 cm³/mol. The topological polar surface area (TPSA) is 52.3 Å². The van der Waals surface area contributed by atoms with Crippen molar-refractivity contribution in [2.75, 3.05) is 13.7 Å². The third kappa shape index (κ3) is 2.87. The molecule has 1 atom stereocenters. The van der Waals surface area contributed by atoms with Gasteiger partial charge in [0.05, 0.1) is 7.11 Å². The Morgan fingerprint density at radius 1 is 1.47 bits per heavy atom. The molecule has 0 aromatic heterocycles. The van der Waals surface area contributed by atoms with E-state index in [2.05, 4.69) is 4.74 Å². The molecule has 2 N–H and O–H groups in total. The number of hydrogen-bond donors (Lipinski definition) is 1. The molecule has 0 rings (SSSR count). The number of halogens is 2. The molecule has 3 nitrogen and oxygen atoms in total. The first-order valence-corrected chi connectivity index (χ1v) is 4.87. The largest absolute Gasteiger partial charge is 0.468 e. The van der Waals surface area contributed by atoms with Crippen LogP contribution in [0.4, 0.5) is 8.78 Å². The molecule has 0 radical (unpaired) electrons. The van der Waals surface area contributed by atoms with Crippen molar-refractivity contribution in [3.63, 3.8) is 0 Å². The zero-order chi connectivity index (χ0) is 12.3. The van der Waals surface area contributed by atoms with Crippen LogP contribution in [0.1, 0.15) is 27.2 Å². The third-order valence-electron chi connectivity index (χ3n) is 2.52. The second-order valence-corrected chi connectivity index (χ2v) is 4.26. The van der Waals surface area contributed by atoms with Crippen LogP contribution in [0, 0.1) is 11.3 Å². The van der Waals surface area contributed by atoms with Crippen LogP contribution >= 0.6 is 0 Å². The number of methoxy groups -OCH3 is 1. The smallest absolute Gasteiger partial charge is 0.319 e. The summed E-state index contributed by atoms with van der Waals surface area (Å²) in [5.41, 5.74) is 3.43. The van der Waals surface area contributed by atoms with Crippen LogP contribution < -0.4 is 5.73 Å². The first-order chi connectivity index (χ1) is 6.71. The van der Waals surface area contributed by atoms with Gasteiger partial charge in [0.25, 0.3) is 5.92 Å². The van der Waals surface area contributed by atoms with E-state index in [4.69, 9.17) is 5.73 Å². The summed E-state index contributed by atoms with van der Waals surface area (Å²) >= 11 is 0. The fourth-order valence-corrected chi connectivity index (χ4v) is 1.68. The van der Waals surface area contributed by atoms with Gasteiger partial charge in [-0.3, -0.25) is 4.79 Å². The molecule has 5 heteroatoms. The van der Waals surface area contributed by atoms with E-state index < -0.39 is 23.9 Å².